The number of nitrogens with zero attached hydrogens (tertiary/aromatic N) is 1. The number of hydrogen-bond acceptors (Lipinski definition) is 3. The first-order valence-corrected chi connectivity index (χ1v) is 10.5. The number of H-pyrrole nitrogens is 1. The number of fused-ring (bicyclic) bond motifs is 1. The predicted molar refractivity (Wildman–Crippen MR) is 115 cm³/mol. The third-order valence-corrected chi connectivity index (χ3v) is 5.92. The number of nitrogens with one attached hydrogen (secondary N) is 1. The highest BCUT2D eigenvalue weighted by atomic mass is 32.1. The Morgan fingerprint density at radius 3 is 2.39 bits per heavy atom. The lowest BCUT2D eigenvalue weighted by atomic mass is 9.96. The Labute approximate surface area is 168 Å². The molecule has 0 bridgehead atoms. The minimum absolute atomic E-state index is 0.0608. The summed E-state index contributed by atoms with van der Waals surface area (Å²) in [5.74, 6) is 1.20. The van der Waals surface area contributed by atoms with Crippen LogP contribution in [0.4, 0.5) is 0 Å². The van der Waals surface area contributed by atoms with Gasteiger partial charge in [-0.25, -0.2) is 4.98 Å². The van der Waals surface area contributed by atoms with Crippen LogP contribution in [0.15, 0.2) is 70.8 Å². The van der Waals surface area contributed by atoms with Gasteiger partial charge in [0.05, 0.1) is 5.39 Å². The number of rotatable bonds is 6. The number of nitrogens with two attached hydrogens (primary N) is 1. The van der Waals surface area contributed by atoms with Crippen LogP contribution in [-0.4, -0.2) is 9.97 Å². The summed E-state index contributed by atoms with van der Waals surface area (Å²) in [5.41, 5.74) is 3.23. The van der Waals surface area contributed by atoms with E-state index in [9.17, 15) is 4.79 Å². The Hall–Kier alpha value is -2.76. The van der Waals surface area contributed by atoms with Crippen molar-refractivity contribution in [3.8, 4) is 11.1 Å². The highest BCUT2D eigenvalue weighted by Gasteiger charge is 2.20. The number of benzene rings is 2. The highest BCUT2D eigenvalue weighted by Crippen LogP contribution is 2.30. The molecule has 5 heteroatoms. The number of aromatic amines is 1. The standard InChI is InChI=1S/C23H23N3OS/c1-15(2)21(17-11-7-4-8-12-17)24-13-19-25-22(27)20-18(14-28-23(20)26-19)16-9-5-3-6-10-16/h3-12,14-15,21,24H,13H2,1-2H3,(H,25,26,27)/p+1/t21-/m1/s1. The van der Waals surface area contributed by atoms with Crippen molar-refractivity contribution in [2.24, 2.45) is 5.92 Å². The summed E-state index contributed by atoms with van der Waals surface area (Å²) in [6.07, 6.45) is 0. The number of aromatic nitrogens is 2. The van der Waals surface area contributed by atoms with E-state index in [1.807, 2.05) is 41.8 Å². The topological polar surface area (TPSA) is 62.4 Å². The molecule has 2 aromatic heterocycles. The Morgan fingerprint density at radius 1 is 1.04 bits per heavy atom. The molecule has 4 aromatic rings. The van der Waals surface area contributed by atoms with E-state index in [1.54, 1.807) is 0 Å². The first-order valence-electron chi connectivity index (χ1n) is 9.57. The van der Waals surface area contributed by atoms with Gasteiger partial charge in [-0.1, -0.05) is 74.5 Å². The van der Waals surface area contributed by atoms with E-state index in [0.717, 1.165) is 21.8 Å². The van der Waals surface area contributed by atoms with Gasteiger partial charge in [0.2, 0.25) is 0 Å². The van der Waals surface area contributed by atoms with E-state index in [-0.39, 0.29) is 5.56 Å². The molecule has 0 radical (unpaired) electrons. The third-order valence-electron chi connectivity index (χ3n) is 5.05. The summed E-state index contributed by atoms with van der Waals surface area (Å²) >= 11 is 1.53. The van der Waals surface area contributed by atoms with Crippen LogP contribution in [0.1, 0.15) is 31.3 Å². The molecular weight excluding hydrogens is 366 g/mol. The lowest BCUT2D eigenvalue weighted by Gasteiger charge is -2.19. The van der Waals surface area contributed by atoms with Crippen LogP contribution in [0.2, 0.25) is 0 Å². The minimum Gasteiger partial charge on any atom is -0.334 e. The normalized spacial score (nSPS) is 12.5. The van der Waals surface area contributed by atoms with Crippen molar-refractivity contribution < 1.29 is 5.32 Å². The average molecular weight is 391 g/mol. The molecular formula is C23H24N3OS+. The van der Waals surface area contributed by atoms with Crippen molar-refractivity contribution in [3.05, 3.63) is 87.8 Å². The van der Waals surface area contributed by atoms with E-state index >= 15 is 0 Å². The Kier molecular flexibility index (Phi) is 5.37. The third kappa shape index (κ3) is 3.77. The fourth-order valence-electron chi connectivity index (χ4n) is 3.63. The van der Waals surface area contributed by atoms with E-state index in [4.69, 9.17) is 4.98 Å². The Bertz CT molecular complexity index is 1120. The first-order chi connectivity index (χ1) is 13.6. The molecule has 2 heterocycles. The maximum Gasteiger partial charge on any atom is 0.260 e. The molecule has 0 saturated heterocycles. The van der Waals surface area contributed by atoms with Gasteiger partial charge in [-0.2, -0.15) is 0 Å². The predicted octanol–water partition coefficient (Wildman–Crippen LogP) is 4.11. The lowest BCUT2D eigenvalue weighted by molar-refractivity contribution is -0.718. The van der Waals surface area contributed by atoms with Gasteiger partial charge < -0.3 is 10.3 Å². The SMILES string of the molecule is CC(C)[C@@H]([NH2+]Cc1nc2scc(-c3ccccc3)c2c(=O)[nH]1)c1ccccc1. The molecule has 28 heavy (non-hydrogen) atoms. The second-order valence-corrected chi connectivity index (χ2v) is 8.19. The molecule has 142 valence electrons. The molecule has 0 amide bonds. The molecule has 1 atom stereocenters. The van der Waals surface area contributed by atoms with Gasteiger partial charge in [-0.15, -0.1) is 11.3 Å². The maximum absolute atomic E-state index is 12.8. The number of quaternary nitrogens is 1. The molecule has 0 unspecified atom stereocenters. The Morgan fingerprint density at radius 2 is 1.71 bits per heavy atom. The van der Waals surface area contributed by atoms with E-state index in [2.05, 4.69) is 48.4 Å². The Balaban J connectivity index is 1.61. The van der Waals surface area contributed by atoms with Gasteiger partial charge in [0.1, 0.15) is 17.4 Å². The second-order valence-electron chi connectivity index (χ2n) is 7.33. The smallest absolute Gasteiger partial charge is 0.260 e. The highest BCUT2D eigenvalue weighted by molar-refractivity contribution is 7.17. The maximum atomic E-state index is 12.8. The summed E-state index contributed by atoms with van der Waals surface area (Å²) in [6.45, 7) is 5.08. The summed E-state index contributed by atoms with van der Waals surface area (Å²) in [6, 6.07) is 20.8. The number of thiophene rings is 1. The van der Waals surface area contributed by atoms with Crippen LogP contribution >= 0.6 is 11.3 Å². The largest absolute Gasteiger partial charge is 0.334 e. The zero-order valence-electron chi connectivity index (χ0n) is 16.1. The average Bonchev–Trinajstić information content (AvgIpc) is 3.14. The second kappa shape index (κ2) is 8.09. The van der Waals surface area contributed by atoms with Gasteiger partial charge in [-0.3, -0.25) is 4.79 Å². The van der Waals surface area contributed by atoms with Crippen molar-refractivity contribution in [1.29, 1.82) is 0 Å². The van der Waals surface area contributed by atoms with Crippen LogP contribution in [0, 0.1) is 5.92 Å². The number of hydrogen-bond donors (Lipinski definition) is 2. The van der Waals surface area contributed by atoms with Gasteiger partial charge in [-0.05, 0) is 5.56 Å². The summed E-state index contributed by atoms with van der Waals surface area (Å²) in [4.78, 5) is 21.3. The van der Waals surface area contributed by atoms with Gasteiger partial charge >= 0.3 is 0 Å². The van der Waals surface area contributed by atoms with Crippen LogP contribution in [0.3, 0.4) is 0 Å². The van der Waals surface area contributed by atoms with Gasteiger partial charge in [0.15, 0.2) is 5.82 Å². The van der Waals surface area contributed by atoms with E-state index in [0.29, 0.717) is 23.9 Å². The fourth-order valence-corrected chi connectivity index (χ4v) is 4.59. The van der Waals surface area contributed by atoms with Gasteiger partial charge in [0, 0.05) is 22.4 Å². The van der Waals surface area contributed by atoms with Crippen molar-refractivity contribution in [3.63, 3.8) is 0 Å². The molecule has 0 aliphatic carbocycles. The molecule has 0 spiro atoms. The van der Waals surface area contributed by atoms with Crippen molar-refractivity contribution in [2.75, 3.05) is 0 Å². The molecule has 2 aromatic carbocycles. The van der Waals surface area contributed by atoms with Crippen LogP contribution in [-0.2, 0) is 6.54 Å². The molecule has 0 saturated carbocycles. The van der Waals surface area contributed by atoms with Crippen LogP contribution in [0.25, 0.3) is 21.3 Å². The van der Waals surface area contributed by atoms with Crippen molar-refractivity contribution in [1.82, 2.24) is 9.97 Å². The van der Waals surface area contributed by atoms with Gasteiger partial charge in [0.25, 0.3) is 5.56 Å². The zero-order chi connectivity index (χ0) is 19.5. The quantitative estimate of drug-likeness (QED) is 0.520. The van der Waals surface area contributed by atoms with E-state index < -0.39 is 0 Å². The first kappa shape index (κ1) is 18.6. The molecule has 0 aliphatic heterocycles. The van der Waals surface area contributed by atoms with Crippen molar-refractivity contribution >= 4 is 21.6 Å². The lowest BCUT2D eigenvalue weighted by Crippen LogP contribution is -2.85. The minimum atomic E-state index is -0.0608. The summed E-state index contributed by atoms with van der Waals surface area (Å²) in [7, 11) is 0. The molecule has 3 N–H and O–H groups in total. The van der Waals surface area contributed by atoms with Crippen LogP contribution in [0.5, 0.6) is 0 Å². The summed E-state index contributed by atoms with van der Waals surface area (Å²) < 4.78 is 0. The monoisotopic (exact) mass is 390 g/mol. The molecule has 0 aliphatic rings. The zero-order valence-corrected chi connectivity index (χ0v) is 16.9. The molecule has 4 rings (SSSR count). The van der Waals surface area contributed by atoms with Crippen molar-refractivity contribution in [2.45, 2.75) is 26.4 Å². The summed E-state index contributed by atoms with van der Waals surface area (Å²) in [5, 5.41) is 4.97. The van der Waals surface area contributed by atoms with E-state index in [1.165, 1.54) is 16.9 Å². The molecule has 0 fully saturated rings. The fraction of sp³-hybridized carbons (Fsp3) is 0.217. The molecule has 4 nitrogen and oxygen atoms in total. The van der Waals surface area contributed by atoms with Crippen LogP contribution < -0.4 is 10.9 Å².